The molecule has 0 aliphatic carbocycles. The van der Waals surface area contributed by atoms with E-state index in [-0.39, 0.29) is 5.91 Å². The van der Waals surface area contributed by atoms with Gasteiger partial charge in [0.25, 0.3) is 5.91 Å². The first kappa shape index (κ1) is 22.7. The molecule has 4 rings (SSSR count). The minimum absolute atomic E-state index is 0.268. The maximum atomic E-state index is 13.4. The molecule has 0 fully saturated rings. The van der Waals surface area contributed by atoms with Crippen LogP contribution in [0, 0.1) is 11.3 Å². The van der Waals surface area contributed by atoms with Gasteiger partial charge in [-0.3, -0.25) is 4.79 Å². The molecule has 0 spiro atoms. The number of dihydropyridines is 1. The van der Waals surface area contributed by atoms with Crippen molar-refractivity contribution in [1.29, 1.82) is 5.26 Å². The molecule has 4 nitrogen and oxygen atoms in total. The number of halogens is 1. The number of para-hydroxylation sites is 1. The van der Waals surface area contributed by atoms with E-state index in [0.29, 0.717) is 33.3 Å². The molecular weight excluding hydrogens is 450 g/mol. The van der Waals surface area contributed by atoms with Gasteiger partial charge < -0.3 is 10.6 Å². The lowest BCUT2D eigenvalue weighted by molar-refractivity contribution is -0.113. The van der Waals surface area contributed by atoms with Crippen LogP contribution in [0.1, 0.15) is 24.0 Å². The summed E-state index contributed by atoms with van der Waals surface area (Å²) >= 11 is 8.11. The molecule has 1 amide bonds. The summed E-state index contributed by atoms with van der Waals surface area (Å²) < 4.78 is 0. The van der Waals surface area contributed by atoms with Crippen molar-refractivity contribution < 1.29 is 4.79 Å². The zero-order valence-corrected chi connectivity index (χ0v) is 19.6. The molecule has 1 heterocycles. The van der Waals surface area contributed by atoms with Gasteiger partial charge in [0.1, 0.15) is 0 Å². The molecule has 3 aromatic carbocycles. The van der Waals surface area contributed by atoms with Gasteiger partial charge in [-0.2, -0.15) is 5.26 Å². The third-order valence-corrected chi connectivity index (χ3v) is 6.80. The van der Waals surface area contributed by atoms with Crippen LogP contribution in [-0.2, 0) is 10.5 Å². The fourth-order valence-corrected chi connectivity index (χ4v) is 5.09. The van der Waals surface area contributed by atoms with Gasteiger partial charge in [0.05, 0.1) is 22.6 Å². The molecule has 33 heavy (non-hydrogen) atoms. The number of nitriles is 1. The standard InChI is InChI=1S/C27H22ClN3OS/c1-18-24(26(32)31-20-12-6-3-7-13-20)25(21-14-8-9-15-23(21)28)22(16-29)27(30-18)33-17-19-10-4-2-5-11-19/h2-15,25,30H,17H2,1H3,(H,31,32)/t25-/m0/s1. The Bertz CT molecular complexity index is 1260. The Balaban J connectivity index is 1.74. The number of carbonyl (C=O) groups excluding carboxylic acids is 1. The van der Waals surface area contributed by atoms with Gasteiger partial charge in [0.15, 0.2) is 0 Å². The molecule has 3 aromatic rings. The number of nitrogens with one attached hydrogen (secondary N) is 2. The average Bonchev–Trinajstić information content (AvgIpc) is 2.84. The van der Waals surface area contributed by atoms with Crippen molar-refractivity contribution >= 4 is 35.0 Å². The van der Waals surface area contributed by atoms with Crippen molar-refractivity contribution in [2.24, 2.45) is 0 Å². The first-order chi connectivity index (χ1) is 16.1. The van der Waals surface area contributed by atoms with Crippen molar-refractivity contribution in [1.82, 2.24) is 5.32 Å². The molecule has 164 valence electrons. The summed E-state index contributed by atoms with van der Waals surface area (Å²) in [5.41, 5.74) is 4.22. The molecule has 0 unspecified atom stereocenters. The third kappa shape index (κ3) is 5.14. The second-order valence-corrected chi connectivity index (χ2v) is 8.96. The molecular formula is C27H22ClN3OS. The zero-order valence-electron chi connectivity index (χ0n) is 18.0. The van der Waals surface area contributed by atoms with E-state index < -0.39 is 5.92 Å². The maximum Gasteiger partial charge on any atom is 0.254 e. The number of allylic oxidation sites excluding steroid dienone is 2. The lowest BCUT2D eigenvalue weighted by Crippen LogP contribution is -2.30. The van der Waals surface area contributed by atoms with E-state index >= 15 is 0 Å². The van der Waals surface area contributed by atoms with Gasteiger partial charge in [0.2, 0.25) is 0 Å². The van der Waals surface area contributed by atoms with Gasteiger partial charge in [-0.15, -0.1) is 11.8 Å². The smallest absolute Gasteiger partial charge is 0.254 e. The number of thioether (sulfide) groups is 1. The van der Waals surface area contributed by atoms with Crippen LogP contribution in [-0.4, -0.2) is 5.91 Å². The molecule has 2 N–H and O–H groups in total. The highest BCUT2D eigenvalue weighted by molar-refractivity contribution is 8.02. The number of hydrogen-bond donors (Lipinski definition) is 2. The van der Waals surface area contributed by atoms with Crippen molar-refractivity contribution in [3.05, 3.63) is 123 Å². The summed E-state index contributed by atoms with van der Waals surface area (Å²) in [5.74, 6) is -0.148. The van der Waals surface area contributed by atoms with Gasteiger partial charge in [-0.1, -0.05) is 78.3 Å². The molecule has 0 aromatic heterocycles. The lowest BCUT2D eigenvalue weighted by Gasteiger charge is -2.30. The Morgan fingerprint density at radius 2 is 1.67 bits per heavy atom. The van der Waals surface area contributed by atoms with E-state index in [2.05, 4.69) is 28.8 Å². The zero-order chi connectivity index (χ0) is 23.2. The van der Waals surface area contributed by atoms with Crippen molar-refractivity contribution in [3.8, 4) is 6.07 Å². The molecule has 0 bridgehead atoms. The highest BCUT2D eigenvalue weighted by Gasteiger charge is 2.35. The highest BCUT2D eigenvalue weighted by Crippen LogP contribution is 2.43. The second kappa shape index (κ2) is 10.4. The predicted molar refractivity (Wildman–Crippen MR) is 135 cm³/mol. The van der Waals surface area contributed by atoms with E-state index in [9.17, 15) is 10.1 Å². The lowest BCUT2D eigenvalue weighted by atomic mass is 9.82. The number of hydrogen-bond acceptors (Lipinski definition) is 4. The van der Waals surface area contributed by atoms with Crippen LogP contribution >= 0.6 is 23.4 Å². The van der Waals surface area contributed by atoms with Crippen LogP contribution in [0.4, 0.5) is 5.69 Å². The van der Waals surface area contributed by atoms with Gasteiger partial charge in [0, 0.05) is 27.7 Å². The largest absolute Gasteiger partial charge is 0.353 e. The van der Waals surface area contributed by atoms with E-state index in [1.165, 1.54) is 0 Å². The number of anilines is 1. The summed E-state index contributed by atoms with van der Waals surface area (Å²) in [6.45, 7) is 1.86. The molecule has 6 heteroatoms. The monoisotopic (exact) mass is 471 g/mol. The molecule has 0 saturated heterocycles. The van der Waals surface area contributed by atoms with E-state index in [1.54, 1.807) is 17.8 Å². The minimum Gasteiger partial charge on any atom is -0.353 e. The fourth-order valence-electron chi connectivity index (χ4n) is 3.80. The predicted octanol–water partition coefficient (Wildman–Crippen LogP) is 6.61. The summed E-state index contributed by atoms with van der Waals surface area (Å²) in [6.07, 6.45) is 0. The molecule has 1 atom stereocenters. The first-order valence-electron chi connectivity index (χ1n) is 10.5. The van der Waals surface area contributed by atoms with Gasteiger partial charge in [-0.25, -0.2) is 0 Å². The quantitative estimate of drug-likeness (QED) is 0.424. The van der Waals surface area contributed by atoms with Gasteiger partial charge in [-0.05, 0) is 36.2 Å². The summed E-state index contributed by atoms with van der Waals surface area (Å²) in [6, 6.07) is 29.1. The van der Waals surface area contributed by atoms with Crippen LogP contribution in [0.25, 0.3) is 0 Å². The van der Waals surface area contributed by atoms with E-state index in [1.807, 2.05) is 73.7 Å². The van der Waals surface area contributed by atoms with Crippen LogP contribution in [0.2, 0.25) is 5.02 Å². The average molecular weight is 472 g/mol. The summed E-state index contributed by atoms with van der Waals surface area (Å²) in [5, 5.41) is 17.7. The topological polar surface area (TPSA) is 64.9 Å². The van der Waals surface area contributed by atoms with Crippen LogP contribution in [0.3, 0.4) is 0 Å². The maximum absolute atomic E-state index is 13.4. The van der Waals surface area contributed by atoms with E-state index in [4.69, 9.17) is 11.6 Å². The van der Waals surface area contributed by atoms with Crippen molar-refractivity contribution in [2.45, 2.75) is 18.6 Å². The molecule has 0 saturated carbocycles. The molecule has 0 radical (unpaired) electrons. The molecule has 1 aliphatic heterocycles. The Morgan fingerprint density at radius 1 is 1.03 bits per heavy atom. The van der Waals surface area contributed by atoms with Crippen LogP contribution < -0.4 is 10.6 Å². The first-order valence-corrected chi connectivity index (χ1v) is 11.8. The number of amides is 1. The summed E-state index contributed by atoms with van der Waals surface area (Å²) in [7, 11) is 0. The Morgan fingerprint density at radius 3 is 2.33 bits per heavy atom. The van der Waals surface area contributed by atoms with Crippen LogP contribution in [0.15, 0.2) is 107 Å². The normalized spacial score (nSPS) is 15.6. The second-order valence-electron chi connectivity index (χ2n) is 7.57. The molecule has 1 aliphatic rings. The third-order valence-electron chi connectivity index (χ3n) is 5.37. The Hall–Kier alpha value is -3.46. The van der Waals surface area contributed by atoms with Crippen LogP contribution in [0.5, 0.6) is 0 Å². The fraction of sp³-hybridized carbons (Fsp3) is 0.111. The van der Waals surface area contributed by atoms with Crippen molar-refractivity contribution in [3.63, 3.8) is 0 Å². The number of nitrogens with zero attached hydrogens (tertiary/aromatic N) is 1. The SMILES string of the molecule is CC1=C(C(=O)Nc2ccccc2)[C@@H](c2ccccc2Cl)C(C#N)=C(SCc2ccccc2)N1. The highest BCUT2D eigenvalue weighted by atomic mass is 35.5. The number of carbonyl (C=O) groups is 1. The minimum atomic E-state index is -0.577. The van der Waals surface area contributed by atoms with E-state index in [0.717, 1.165) is 16.2 Å². The van der Waals surface area contributed by atoms with Crippen molar-refractivity contribution in [2.75, 3.05) is 5.32 Å². The number of rotatable bonds is 6. The summed E-state index contributed by atoms with van der Waals surface area (Å²) in [4.78, 5) is 13.4. The number of benzene rings is 3. The Kier molecular flexibility index (Phi) is 7.19. The van der Waals surface area contributed by atoms with Gasteiger partial charge >= 0.3 is 0 Å². The Labute approximate surface area is 203 Å².